The molecule has 0 amide bonds. The van der Waals surface area contributed by atoms with E-state index in [1.165, 1.54) is 5.51 Å². The zero-order valence-corrected chi connectivity index (χ0v) is 12.7. The number of hydrogen-bond acceptors (Lipinski definition) is 5. The van der Waals surface area contributed by atoms with Gasteiger partial charge in [0.2, 0.25) is 0 Å². The van der Waals surface area contributed by atoms with E-state index in [0.29, 0.717) is 6.42 Å². The lowest BCUT2D eigenvalue weighted by molar-refractivity contribution is 0.0687. The van der Waals surface area contributed by atoms with Crippen LogP contribution in [0.1, 0.15) is 22.5 Å². The van der Waals surface area contributed by atoms with Crippen molar-refractivity contribution in [3.05, 3.63) is 47.1 Å². The molecule has 0 radical (unpaired) electrons. The molecule has 0 spiro atoms. The number of nitrogens with zero attached hydrogens (tertiary/aromatic N) is 1. The summed E-state index contributed by atoms with van der Waals surface area (Å²) in [6, 6.07) is 9.72. The number of aromatic nitrogens is 1. The van der Waals surface area contributed by atoms with Gasteiger partial charge in [0.05, 0.1) is 5.51 Å². The number of carbonyl (C=O) groups is 1. The van der Waals surface area contributed by atoms with Gasteiger partial charge in [0.1, 0.15) is 0 Å². The van der Waals surface area contributed by atoms with Gasteiger partial charge in [-0.25, -0.2) is 22.9 Å². The largest absolute Gasteiger partial charge is 0.476 e. The maximum Gasteiger partial charge on any atom is 0.356 e. The summed E-state index contributed by atoms with van der Waals surface area (Å²) in [6.07, 6.45) is 1.38. The van der Waals surface area contributed by atoms with E-state index < -0.39 is 21.7 Å². The van der Waals surface area contributed by atoms with Crippen molar-refractivity contribution in [2.45, 2.75) is 17.1 Å². The van der Waals surface area contributed by atoms with E-state index in [0.717, 1.165) is 23.3 Å². The third kappa shape index (κ3) is 4.10. The summed E-state index contributed by atoms with van der Waals surface area (Å²) >= 11 is 0.797. The first-order valence-electron chi connectivity index (χ1n) is 6.21. The van der Waals surface area contributed by atoms with Crippen molar-refractivity contribution < 1.29 is 18.3 Å². The summed E-state index contributed by atoms with van der Waals surface area (Å²) in [7, 11) is -3.82. The molecule has 1 aromatic heterocycles. The maximum atomic E-state index is 12.0. The molecule has 1 heterocycles. The third-order valence-corrected chi connectivity index (χ3v) is 5.59. The molecule has 0 bridgehead atoms. The van der Waals surface area contributed by atoms with Gasteiger partial charge in [-0.1, -0.05) is 30.3 Å². The molecule has 0 atom stereocenters. The standard InChI is InChI=1S/C13H14N2O4S2/c16-12(17)11-13(20-9-14-11)21(18,19)15-8-4-7-10-5-2-1-3-6-10/h1-3,5-6,9,15H,4,7-8H2,(H,16,17). The Kier molecular flexibility index (Phi) is 5.05. The van der Waals surface area contributed by atoms with E-state index in [1.807, 2.05) is 30.3 Å². The van der Waals surface area contributed by atoms with Crippen LogP contribution in [0.4, 0.5) is 0 Å². The van der Waals surface area contributed by atoms with Gasteiger partial charge in [-0.05, 0) is 18.4 Å². The number of nitrogens with one attached hydrogen (secondary N) is 1. The van der Waals surface area contributed by atoms with Crippen molar-refractivity contribution in [1.82, 2.24) is 9.71 Å². The van der Waals surface area contributed by atoms with E-state index in [1.54, 1.807) is 0 Å². The quantitative estimate of drug-likeness (QED) is 0.756. The van der Waals surface area contributed by atoms with Crippen LogP contribution in [-0.4, -0.2) is 31.0 Å². The Labute approximate surface area is 126 Å². The molecule has 6 nitrogen and oxygen atoms in total. The number of carboxylic acids is 1. The lowest BCUT2D eigenvalue weighted by atomic mass is 10.1. The molecule has 0 saturated carbocycles. The van der Waals surface area contributed by atoms with Gasteiger partial charge in [-0.15, -0.1) is 11.3 Å². The first kappa shape index (κ1) is 15.6. The van der Waals surface area contributed by atoms with Crippen molar-refractivity contribution >= 4 is 27.3 Å². The Morgan fingerprint density at radius 1 is 1.29 bits per heavy atom. The predicted molar refractivity (Wildman–Crippen MR) is 79.0 cm³/mol. The number of thiazole rings is 1. The molecular weight excluding hydrogens is 312 g/mol. The van der Waals surface area contributed by atoms with Gasteiger partial charge < -0.3 is 5.11 Å². The summed E-state index contributed by atoms with van der Waals surface area (Å²) < 4.78 is 26.2. The van der Waals surface area contributed by atoms with E-state index in [9.17, 15) is 13.2 Å². The highest BCUT2D eigenvalue weighted by atomic mass is 32.2. The Morgan fingerprint density at radius 3 is 2.67 bits per heavy atom. The van der Waals surface area contributed by atoms with Crippen LogP contribution >= 0.6 is 11.3 Å². The van der Waals surface area contributed by atoms with Crippen LogP contribution in [0.3, 0.4) is 0 Å². The Morgan fingerprint density at radius 2 is 2.00 bits per heavy atom. The fourth-order valence-corrected chi connectivity index (χ4v) is 4.03. The first-order valence-corrected chi connectivity index (χ1v) is 8.57. The average Bonchev–Trinajstić information content (AvgIpc) is 2.95. The number of carboxylic acid groups (broad SMARTS) is 1. The molecule has 2 aromatic rings. The lowest BCUT2D eigenvalue weighted by Crippen LogP contribution is -2.26. The van der Waals surface area contributed by atoms with E-state index in [-0.39, 0.29) is 10.8 Å². The third-order valence-electron chi connectivity index (χ3n) is 2.76. The van der Waals surface area contributed by atoms with E-state index >= 15 is 0 Å². The van der Waals surface area contributed by atoms with Crippen LogP contribution in [0.25, 0.3) is 0 Å². The fraction of sp³-hybridized carbons (Fsp3) is 0.231. The molecule has 21 heavy (non-hydrogen) atoms. The van der Waals surface area contributed by atoms with Gasteiger partial charge in [-0.2, -0.15) is 0 Å². The molecule has 0 unspecified atom stereocenters. The number of hydrogen-bond donors (Lipinski definition) is 2. The molecule has 0 aliphatic rings. The van der Waals surface area contributed by atoms with Crippen LogP contribution < -0.4 is 4.72 Å². The molecule has 0 aliphatic heterocycles. The first-order chi connectivity index (χ1) is 10.0. The van der Waals surface area contributed by atoms with Crippen LogP contribution in [0.15, 0.2) is 40.1 Å². The van der Waals surface area contributed by atoms with Crippen LogP contribution in [-0.2, 0) is 16.4 Å². The van der Waals surface area contributed by atoms with Gasteiger partial charge in [-0.3, -0.25) is 0 Å². The minimum absolute atomic E-state index is 0.244. The van der Waals surface area contributed by atoms with Gasteiger partial charge in [0.15, 0.2) is 9.90 Å². The van der Waals surface area contributed by atoms with E-state index in [4.69, 9.17) is 5.11 Å². The molecule has 0 aliphatic carbocycles. The molecule has 8 heteroatoms. The summed E-state index contributed by atoms with van der Waals surface area (Å²) in [5, 5.41) is 8.89. The lowest BCUT2D eigenvalue weighted by Gasteiger charge is -2.05. The zero-order valence-electron chi connectivity index (χ0n) is 11.0. The smallest absolute Gasteiger partial charge is 0.356 e. The fourth-order valence-electron chi connectivity index (χ4n) is 1.78. The molecule has 0 saturated heterocycles. The van der Waals surface area contributed by atoms with Crippen LogP contribution in [0.2, 0.25) is 0 Å². The molecular formula is C13H14N2O4S2. The Hall–Kier alpha value is -1.77. The van der Waals surface area contributed by atoms with Crippen molar-refractivity contribution in [2.75, 3.05) is 6.54 Å². The van der Waals surface area contributed by atoms with Crippen molar-refractivity contribution in [3.63, 3.8) is 0 Å². The molecule has 0 fully saturated rings. The number of rotatable bonds is 7. The summed E-state index contributed by atoms with van der Waals surface area (Å²) in [4.78, 5) is 14.5. The van der Waals surface area contributed by atoms with E-state index in [2.05, 4.69) is 9.71 Å². The summed E-state index contributed by atoms with van der Waals surface area (Å²) in [5.41, 5.74) is 1.90. The summed E-state index contributed by atoms with van der Waals surface area (Å²) in [5.74, 6) is -1.35. The maximum absolute atomic E-state index is 12.0. The number of aromatic carboxylic acids is 1. The predicted octanol–water partition coefficient (Wildman–Crippen LogP) is 1.75. The normalized spacial score (nSPS) is 11.4. The topological polar surface area (TPSA) is 96.4 Å². The minimum Gasteiger partial charge on any atom is -0.476 e. The second-order valence-corrected chi connectivity index (χ2v) is 7.10. The second-order valence-electron chi connectivity index (χ2n) is 4.28. The van der Waals surface area contributed by atoms with Crippen molar-refractivity contribution in [3.8, 4) is 0 Å². The van der Waals surface area contributed by atoms with Crippen molar-refractivity contribution in [2.24, 2.45) is 0 Å². The number of aryl methyl sites for hydroxylation is 1. The molecule has 2 N–H and O–H groups in total. The van der Waals surface area contributed by atoms with Crippen molar-refractivity contribution in [1.29, 1.82) is 0 Å². The van der Waals surface area contributed by atoms with Gasteiger partial charge in [0.25, 0.3) is 10.0 Å². The Bertz CT molecular complexity index is 711. The SMILES string of the molecule is O=C(O)c1ncsc1S(=O)(=O)NCCCc1ccccc1. The van der Waals surface area contributed by atoms with Crippen LogP contribution in [0.5, 0.6) is 0 Å². The highest BCUT2D eigenvalue weighted by Crippen LogP contribution is 2.19. The number of sulfonamides is 1. The molecule has 112 valence electrons. The zero-order chi connectivity index (χ0) is 15.3. The molecule has 2 rings (SSSR count). The molecule has 1 aromatic carbocycles. The highest BCUT2D eigenvalue weighted by molar-refractivity contribution is 7.91. The summed E-state index contributed by atoms with van der Waals surface area (Å²) in [6.45, 7) is 0.244. The average molecular weight is 326 g/mol. The monoisotopic (exact) mass is 326 g/mol. The minimum atomic E-state index is -3.82. The Balaban J connectivity index is 1.93. The highest BCUT2D eigenvalue weighted by Gasteiger charge is 2.25. The number of benzene rings is 1. The van der Waals surface area contributed by atoms with Gasteiger partial charge in [0, 0.05) is 6.54 Å². The van der Waals surface area contributed by atoms with Gasteiger partial charge >= 0.3 is 5.97 Å². The van der Waals surface area contributed by atoms with Crippen LogP contribution in [0, 0.1) is 0 Å². The second kappa shape index (κ2) is 6.79.